The van der Waals surface area contributed by atoms with Crippen LogP contribution in [0.1, 0.15) is 31.6 Å². The fraction of sp³-hybridized carbons (Fsp3) is 0.370. The van der Waals surface area contributed by atoms with E-state index >= 15 is 0 Å². The molecule has 1 spiro atoms. The molecule has 218 valence electrons. The lowest BCUT2D eigenvalue weighted by Gasteiger charge is -2.43. The van der Waals surface area contributed by atoms with Crippen LogP contribution in [0.15, 0.2) is 82.5 Å². The molecule has 3 heterocycles. The molecule has 2 aromatic carbocycles. The summed E-state index contributed by atoms with van der Waals surface area (Å²) in [5.74, 6) is -0.535. The number of aliphatic hydroxyl groups excluding tert-OH is 1. The molecular formula is C27H30N3O10P. The molecule has 41 heavy (non-hydrogen) atoms. The average molecular weight is 588 g/mol. The number of aliphatic hydroxyl groups is 1. The second-order valence-electron chi connectivity index (χ2n) is 9.56. The zero-order valence-electron chi connectivity index (χ0n) is 22.1. The molecule has 6 atom stereocenters. The minimum atomic E-state index is -4.47. The number of benzene rings is 2. The van der Waals surface area contributed by atoms with Gasteiger partial charge in [-0.15, -0.1) is 0 Å². The van der Waals surface area contributed by atoms with Gasteiger partial charge in [-0.1, -0.05) is 55.5 Å². The van der Waals surface area contributed by atoms with Crippen LogP contribution in [-0.4, -0.2) is 51.3 Å². The topological polar surface area (TPSA) is 167 Å². The third-order valence-corrected chi connectivity index (χ3v) is 8.41. The number of ether oxygens (including phenoxy) is 3. The van der Waals surface area contributed by atoms with Gasteiger partial charge in [-0.2, -0.15) is 5.09 Å². The molecule has 5 rings (SSSR count). The van der Waals surface area contributed by atoms with Crippen LogP contribution in [-0.2, 0) is 34.7 Å². The zero-order valence-corrected chi connectivity index (χ0v) is 23.0. The number of carbonyl (C=O) groups is 1. The molecule has 14 heteroatoms. The van der Waals surface area contributed by atoms with Gasteiger partial charge in [0.15, 0.2) is 6.23 Å². The summed E-state index contributed by atoms with van der Waals surface area (Å²) in [6.45, 7) is 1.96. The summed E-state index contributed by atoms with van der Waals surface area (Å²) in [5, 5.41) is 13.9. The summed E-state index contributed by atoms with van der Waals surface area (Å²) in [7, 11) is -4.47. The van der Waals surface area contributed by atoms with E-state index in [0.717, 1.165) is 16.2 Å². The van der Waals surface area contributed by atoms with Crippen molar-refractivity contribution in [3.8, 4) is 5.75 Å². The van der Waals surface area contributed by atoms with Crippen molar-refractivity contribution < 1.29 is 37.7 Å². The Labute approximate surface area is 234 Å². The number of esters is 1. The maximum atomic E-state index is 14.2. The molecule has 2 saturated heterocycles. The van der Waals surface area contributed by atoms with E-state index < -0.39 is 55.2 Å². The Kier molecular flexibility index (Phi) is 8.55. The summed E-state index contributed by atoms with van der Waals surface area (Å²) in [6, 6.07) is 17.2. The van der Waals surface area contributed by atoms with E-state index in [1.807, 2.05) is 18.2 Å². The number of rotatable bonds is 11. The van der Waals surface area contributed by atoms with Crippen LogP contribution in [0.25, 0.3) is 0 Å². The summed E-state index contributed by atoms with van der Waals surface area (Å²) < 4.78 is 43.8. The number of hydrogen-bond acceptors (Lipinski definition) is 10. The monoisotopic (exact) mass is 587 g/mol. The molecule has 3 aromatic rings. The van der Waals surface area contributed by atoms with Crippen molar-refractivity contribution in [2.75, 3.05) is 6.61 Å². The number of para-hydroxylation sites is 1. The van der Waals surface area contributed by atoms with Crippen molar-refractivity contribution >= 4 is 13.7 Å². The molecule has 2 unspecified atom stereocenters. The molecule has 2 aliphatic rings. The summed E-state index contributed by atoms with van der Waals surface area (Å²) in [6.07, 6.45) is -2.69. The number of nitrogens with zero attached hydrogens (tertiary/aromatic N) is 1. The van der Waals surface area contributed by atoms with Crippen molar-refractivity contribution in [3.63, 3.8) is 0 Å². The molecule has 3 N–H and O–H groups in total. The maximum Gasteiger partial charge on any atom is 0.461 e. The zero-order chi connectivity index (χ0) is 29.0. The number of hydrogen-bond donors (Lipinski definition) is 3. The fourth-order valence-corrected chi connectivity index (χ4v) is 6.28. The van der Waals surface area contributed by atoms with Crippen molar-refractivity contribution in [2.45, 2.75) is 56.6 Å². The average Bonchev–Trinajstić information content (AvgIpc) is 3.23. The van der Waals surface area contributed by atoms with Gasteiger partial charge in [0.25, 0.3) is 5.56 Å². The molecule has 0 radical (unpaired) electrons. The number of nitrogens with one attached hydrogen (secondary N) is 2. The molecule has 0 aliphatic carbocycles. The van der Waals surface area contributed by atoms with E-state index in [4.69, 9.17) is 23.3 Å². The molecule has 0 saturated carbocycles. The first-order valence-electron chi connectivity index (χ1n) is 13.0. The van der Waals surface area contributed by atoms with E-state index in [0.29, 0.717) is 0 Å². The van der Waals surface area contributed by atoms with Crippen molar-refractivity contribution in [1.82, 2.24) is 14.6 Å². The second kappa shape index (κ2) is 12.1. The quantitative estimate of drug-likeness (QED) is 0.222. The molecule has 0 bridgehead atoms. The minimum Gasteiger partial charge on any atom is -0.460 e. The molecule has 2 fully saturated rings. The Morgan fingerprint density at radius 3 is 2.46 bits per heavy atom. The first-order valence-corrected chi connectivity index (χ1v) is 14.6. The van der Waals surface area contributed by atoms with E-state index in [1.54, 1.807) is 37.3 Å². The standard InChI is InChI=1S/C27H30N3O10P/c1-2-20(23(33)36-17-18-9-5-3-6-10-18)29-41(35,39-19-11-7-4-8-12-19)40-24-22(32)27(14-16-37-27)25(38-24)30-15-13-21(31)28-26(30)34/h3-13,15,20,22,24-25,32H,2,14,16-17H2,1H3,(H,29,35)(H,28,31,34)/t20-,22+,24?,25+,27+,41?/m0/s1. The van der Waals surface area contributed by atoms with E-state index in [9.17, 15) is 24.1 Å². The highest BCUT2D eigenvalue weighted by Gasteiger charge is 2.64. The smallest absolute Gasteiger partial charge is 0.460 e. The van der Waals surface area contributed by atoms with Gasteiger partial charge in [0.2, 0.25) is 6.29 Å². The van der Waals surface area contributed by atoms with Crippen molar-refractivity contribution in [2.24, 2.45) is 0 Å². The van der Waals surface area contributed by atoms with Crippen molar-refractivity contribution in [1.29, 1.82) is 0 Å². The summed E-state index contributed by atoms with van der Waals surface area (Å²) in [5.41, 5.74) is -2.05. The molecule has 13 nitrogen and oxygen atoms in total. The third-order valence-electron chi connectivity index (χ3n) is 6.85. The van der Waals surface area contributed by atoms with Gasteiger partial charge in [-0.25, -0.2) is 9.36 Å². The van der Waals surface area contributed by atoms with Crippen LogP contribution in [0.2, 0.25) is 0 Å². The Hall–Kier alpha value is -3.58. The van der Waals surface area contributed by atoms with Crippen LogP contribution in [0.5, 0.6) is 5.75 Å². The van der Waals surface area contributed by atoms with Crippen LogP contribution >= 0.6 is 7.75 Å². The Bertz CT molecular complexity index is 1510. The van der Waals surface area contributed by atoms with Gasteiger partial charge in [0.1, 0.15) is 30.1 Å². The van der Waals surface area contributed by atoms with E-state index in [1.165, 1.54) is 18.3 Å². The molecule has 1 aromatic heterocycles. The molecule has 2 aliphatic heterocycles. The molecule has 0 amide bonds. The highest BCUT2D eigenvalue weighted by Crippen LogP contribution is 2.54. The first kappa shape index (κ1) is 28.9. The molecular weight excluding hydrogens is 557 g/mol. The third kappa shape index (κ3) is 6.20. The van der Waals surface area contributed by atoms with Crippen LogP contribution < -0.4 is 20.9 Å². The van der Waals surface area contributed by atoms with Gasteiger partial charge in [-0.05, 0) is 24.1 Å². The van der Waals surface area contributed by atoms with Gasteiger partial charge >= 0.3 is 19.4 Å². The van der Waals surface area contributed by atoms with Crippen molar-refractivity contribution in [3.05, 3.63) is 99.3 Å². The lowest BCUT2D eigenvalue weighted by atomic mass is 9.88. The van der Waals surface area contributed by atoms with Crippen LogP contribution in [0.3, 0.4) is 0 Å². The number of aromatic amines is 1. The van der Waals surface area contributed by atoms with Crippen LogP contribution in [0, 0.1) is 0 Å². The van der Waals surface area contributed by atoms with Gasteiger partial charge in [0.05, 0.1) is 6.61 Å². The number of carbonyl (C=O) groups excluding carboxylic acids is 1. The maximum absolute atomic E-state index is 14.2. The highest BCUT2D eigenvalue weighted by atomic mass is 31.2. The van der Waals surface area contributed by atoms with Gasteiger partial charge in [-0.3, -0.25) is 23.7 Å². The predicted octanol–water partition coefficient (Wildman–Crippen LogP) is 2.23. The first-order chi connectivity index (χ1) is 19.7. The normalized spacial score (nSPS) is 25.7. The SMILES string of the molecule is CC[C@H](NP(=O)(Oc1ccccc1)OC1O[C@@H](n2ccc(=O)[nH]c2=O)[C@@]2(CCO2)[C@@H]1O)C(=O)OCc1ccccc1. The number of aromatic nitrogens is 2. The number of H-pyrrole nitrogens is 1. The van der Waals surface area contributed by atoms with Crippen LogP contribution in [0.4, 0.5) is 0 Å². The van der Waals surface area contributed by atoms with E-state index in [2.05, 4.69) is 10.1 Å². The summed E-state index contributed by atoms with van der Waals surface area (Å²) >= 11 is 0. The predicted molar refractivity (Wildman–Crippen MR) is 144 cm³/mol. The van der Waals surface area contributed by atoms with E-state index in [-0.39, 0.29) is 31.8 Å². The van der Waals surface area contributed by atoms with Gasteiger partial charge in [0, 0.05) is 18.7 Å². The lowest BCUT2D eigenvalue weighted by molar-refractivity contribution is -0.227. The Morgan fingerprint density at radius 1 is 1.17 bits per heavy atom. The second-order valence-corrected chi connectivity index (χ2v) is 11.2. The fourth-order valence-electron chi connectivity index (χ4n) is 4.62. The minimum absolute atomic E-state index is 0.00244. The largest absolute Gasteiger partial charge is 0.461 e. The Balaban J connectivity index is 1.39. The lowest BCUT2D eigenvalue weighted by Crippen LogP contribution is -2.57. The van der Waals surface area contributed by atoms with Gasteiger partial charge < -0.3 is 23.8 Å². The summed E-state index contributed by atoms with van der Waals surface area (Å²) in [4.78, 5) is 39.2. The highest BCUT2D eigenvalue weighted by molar-refractivity contribution is 7.52. The Morgan fingerprint density at radius 2 is 1.85 bits per heavy atom.